The Kier molecular flexibility index (Phi) is 3.13. The molecular weight excluding hydrogens is 267 g/mol. The molecule has 3 rings (SSSR count). The highest BCUT2D eigenvalue weighted by Crippen LogP contribution is 2.41. The molecule has 1 heterocycles. The van der Waals surface area contributed by atoms with E-state index in [0.717, 1.165) is 5.56 Å². The molecule has 0 unspecified atom stereocenters. The van der Waals surface area contributed by atoms with Crippen LogP contribution in [0.4, 0.5) is 4.39 Å². The van der Waals surface area contributed by atoms with Crippen molar-refractivity contribution < 1.29 is 13.9 Å². The van der Waals surface area contributed by atoms with Crippen LogP contribution in [0.15, 0.2) is 54.6 Å². The standard InChI is InChI=1S/C18H15FO2/c1-18(2)17(20)15(13-9-6-10-14(19)11-13)16(21-18)12-7-4-3-5-8-12/h3-11H,1-2H3. The van der Waals surface area contributed by atoms with Crippen molar-refractivity contribution in [2.75, 3.05) is 0 Å². The molecule has 0 fully saturated rings. The average molecular weight is 282 g/mol. The predicted molar refractivity (Wildman–Crippen MR) is 79.8 cm³/mol. The molecule has 0 saturated heterocycles. The lowest BCUT2D eigenvalue weighted by molar-refractivity contribution is -0.125. The highest BCUT2D eigenvalue weighted by atomic mass is 19.1. The molecule has 0 atom stereocenters. The Bertz CT molecular complexity index is 730. The summed E-state index contributed by atoms with van der Waals surface area (Å²) in [4.78, 5) is 12.6. The summed E-state index contributed by atoms with van der Waals surface area (Å²) >= 11 is 0. The first-order valence-electron chi connectivity index (χ1n) is 6.78. The summed E-state index contributed by atoms with van der Waals surface area (Å²) < 4.78 is 19.4. The fourth-order valence-corrected chi connectivity index (χ4v) is 2.46. The zero-order valence-electron chi connectivity index (χ0n) is 11.9. The van der Waals surface area contributed by atoms with Gasteiger partial charge in [0.15, 0.2) is 5.60 Å². The summed E-state index contributed by atoms with van der Waals surface area (Å²) in [6.45, 7) is 3.45. The molecule has 0 spiro atoms. The number of Topliss-reactive ketones (excluding diaryl/α,β-unsaturated/α-hetero) is 1. The van der Waals surface area contributed by atoms with E-state index >= 15 is 0 Å². The van der Waals surface area contributed by atoms with Crippen molar-refractivity contribution in [1.82, 2.24) is 0 Å². The third-order valence-corrected chi connectivity index (χ3v) is 3.51. The molecule has 2 nitrogen and oxygen atoms in total. The van der Waals surface area contributed by atoms with Crippen LogP contribution in [0.2, 0.25) is 0 Å². The second kappa shape index (κ2) is 4.85. The summed E-state index contributed by atoms with van der Waals surface area (Å²) in [5.74, 6) is 0.00747. The number of halogens is 1. The summed E-state index contributed by atoms with van der Waals surface area (Å²) in [6, 6.07) is 15.5. The Hall–Kier alpha value is -2.42. The number of carbonyl (C=O) groups is 1. The smallest absolute Gasteiger partial charge is 0.210 e. The lowest BCUT2D eigenvalue weighted by Gasteiger charge is -2.17. The second-order valence-electron chi connectivity index (χ2n) is 5.52. The molecular formula is C18H15FO2. The van der Waals surface area contributed by atoms with E-state index in [1.165, 1.54) is 12.1 Å². The minimum absolute atomic E-state index is 0.132. The Morgan fingerprint density at radius 1 is 0.952 bits per heavy atom. The minimum atomic E-state index is -0.938. The zero-order chi connectivity index (χ0) is 15.0. The van der Waals surface area contributed by atoms with Crippen molar-refractivity contribution in [3.63, 3.8) is 0 Å². The SMILES string of the molecule is CC1(C)OC(c2ccccc2)=C(c2cccc(F)c2)C1=O. The molecule has 1 aliphatic heterocycles. The van der Waals surface area contributed by atoms with Crippen LogP contribution in [0.5, 0.6) is 0 Å². The van der Waals surface area contributed by atoms with Gasteiger partial charge >= 0.3 is 0 Å². The van der Waals surface area contributed by atoms with Crippen LogP contribution in [-0.2, 0) is 9.53 Å². The minimum Gasteiger partial charge on any atom is -0.478 e. The first kappa shape index (κ1) is 13.6. The number of benzene rings is 2. The maximum absolute atomic E-state index is 13.5. The topological polar surface area (TPSA) is 26.3 Å². The average Bonchev–Trinajstić information content (AvgIpc) is 2.71. The van der Waals surface area contributed by atoms with E-state index in [9.17, 15) is 9.18 Å². The quantitative estimate of drug-likeness (QED) is 0.830. The molecule has 21 heavy (non-hydrogen) atoms. The normalized spacial score (nSPS) is 17.0. The van der Waals surface area contributed by atoms with Gasteiger partial charge in [-0.2, -0.15) is 0 Å². The Morgan fingerprint density at radius 2 is 1.62 bits per heavy atom. The van der Waals surface area contributed by atoms with E-state index in [-0.39, 0.29) is 11.6 Å². The van der Waals surface area contributed by atoms with Crippen molar-refractivity contribution in [1.29, 1.82) is 0 Å². The van der Waals surface area contributed by atoms with Crippen molar-refractivity contribution in [2.24, 2.45) is 0 Å². The molecule has 2 aromatic carbocycles. The predicted octanol–water partition coefficient (Wildman–Crippen LogP) is 4.07. The molecule has 0 saturated carbocycles. The highest BCUT2D eigenvalue weighted by molar-refractivity contribution is 6.32. The van der Waals surface area contributed by atoms with Gasteiger partial charge in [-0.25, -0.2) is 4.39 Å². The third-order valence-electron chi connectivity index (χ3n) is 3.51. The second-order valence-corrected chi connectivity index (χ2v) is 5.52. The first-order chi connectivity index (χ1) is 9.99. The van der Waals surface area contributed by atoms with Gasteiger partial charge in [0.25, 0.3) is 0 Å². The molecule has 0 aliphatic carbocycles. The monoisotopic (exact) mass is 282 g/mol. The van der Waals surface area contributed by atoms with Gasteiger partial charge in [0, 0.05) is 5.56 Å². The van der Waals surface area contributed by atoms with Crippen LogP contribution < -0.4 is 0 Å². The number of carbonyl (C=O) groups excluding carboxylic acids is 1. The van der Waals surface area contributed by atoms with Crippen molar-refractivity contribution in [2.45, 2.75) is 19.4 Å². The fourth-order valence-electron chi connectivity index (χ4n) is 2.46. The van der Waals surface area contributed by atoms with Crippen molar-refractivity contribution >= 4 is 17.1 Å². The molecule has 0 aromatic heterocycles. The van der Waals surface area contributed by atoms with Crippen LogP contribution >= 0.6 is 0 Å². The summed E-state index contributed by atoms with van der Waals surface area (Å²) in [5, 5.41) is 0. The van der Waals surface area contributed by atoms with Crippen LogP contribution in [0.25, 0.3) is 11.3 Å². The largest absolute Gasteiger partial charge is 0.478 e. The Labute approximate surface area is 122 Å². The highest BCUT2D eigenvalue weighted by Gasteiger charge is 2.42. The van der Waals surface area contributed by atoms with Crippen LogP contribution in [-0.4, -0.2) is 11.4 Å². The Balaban J connectivity index is 2.21. The molecule has 0 bridgehead atoms. The molecule has 106 valence electrons. The van der Waals surface area contributed by atoms with E-state index in [2.05, 4.69) is 0 Å². The van der Waals surface area contributed by atoms with E-state index in [0.29, 0.717) is 16.9 Å². The number of ketones is 1. The van der Waals surface area contributed by atoms with E-state index in [1.807, 2.05) is 30.3 Å². The molecule has 1 aliphatic rings. The van der Waals surface area contributed by atoms with Gasteiger partial charge in [-0.3, -0.25) is 4.79 Å². The number of ether oxygens (including phenoxy) is 1. The maximum Gasteiger partial charge on any atom is 0.210 e. The van der Waals surface area contributed by atoms with Crippen molar-refractivity contribution in [3.8, 4) is 0 Å². The maximum atomic E-state index is 13.5. The molecule has 0 N–H and O–H groups in total. The van der Waals surface area contributed by atoms with Gasteiger partial charge in [-0.05, 0) is 31.5 Å². The zero-order valence-corrected chi connectivity index (χ0v) is 11.9. The molecule has 0 radical (unpaired) electrons. The Morgan fingerprint density at radius 3 is 2.29 bits per heavy atom. The summed E-state index contributed by atoms with van der Waals surface area (Å²) in [6.07, 6.45) is 0. The van der Waals surface area contributed by atoms with E-state index < -0.39 is 5.60 Å². The lowest BCUT2D eigenvalue weighted by Crippen LogP contribution is -2.29. The van der Waals surface area contributed by atoms with Gasteiger partial charge < -0.3 is 4.74 Å². The summed E-state index contributed by atoms with van der Waals surface area (Å²) in [5.41, 5.74) is 0.859. The first-order valence-corrected chi connectivity index (χ1v) is 6.78. The van der Waals surface area contributed by atoms with Crippen LogP contribution in [0.3, 0.4) is 0 Å². The molecule has 0 amide bonds. The lowest BCUT2D eigenvalue weighted by atomic mass is 9.92. The molecule has 3 heteroatoms. The van der Waals surface area contributed by atoms with Crippen LogP contribution in [0.1, 0.15) is 25.0 Å². The van der Waals surface area contributed by atoms with Gasteiger partial charge in [0.1, 0.15) is 11.6 Å². The van der Waals surface area contributed by atoms with Gasteiger partial charge in [-0.15, -0.1) is 0 Å². The van der Waals surface area contributed by atoms with E-state index in [1.54, 1.807) is 26.0 Å². The number of hydrogen-bond donors (Lipinski definition) is 0. The fraction of sp³-hybridized carbons (Fsp3) is 0.167. The van der Waals surface area contributed by atoms with Gasteiger partial charge in [-0.1, -0.05) is 42.5 Å². The van der Waals surface area contributed by atoms with Crippen LogP contribution in [0, 0.1) is 5.82 Å². The number of rotatable bonds is 2. The third kappa shape index (κ3) is 2.35. The van der Waals surface area contributed by atoms with Gasteiger partial charge in [0.05, 0.1) is 5.57 Å². The van der Waals surface area contributed by atoms with Gasteiger partial charge in [0.2, 0.25) is 5.78 Å². The summed E-state index contributed by atoms with van der Waals surface area (Å²) in [7, 11) is 0. The van der Waals surface area contributed by atoms with Crippen molar-refractivity contribution in [3.05, 3.63) is 71.5 Å². The number of hydrogen-bond acceptors (Lipinski definition) is 2. The van der Waals surface area contributed by atoms with E-state index in [4.69, 9.17) is 4.74 Å². The molecule has 2 aromatic rings.